The Morgan fingerprint density at radius 2 is 1.89 bits per heavy atom. The lowest BCUT2D eigenvalue weighted by Gasteiger charge is -2.12. The summed E-state index contributed by atoms with van der Waals surface area (Å²) in [5.74, 6) is 0.414. The molecule has 0 saturated heterocycles. The Bertz CT molecular complexity index is 786. The number of anilines is 1. The highest BCUT2D eigenvalue weighted by atomic mass is 16.5. The standard InChI is InChI=1S/C20H24N4O3/c1-27-19-15(5-4-12-21-19)13-22-20(26)24-17-10-8-14(9-11-17)18(25)23-16-6-2-3-7-16/h4-5,8-12,16H,2-3,6-7,13H2,1H3,(H,23,25)(H2,22,24,26). The molecule has 2 aromatic rings. The number of carbonyl (C=O) groups excluding carboxylic acids is 2. The second-order valence-corrected chi connectivity index (χ2v) is 6.51. The van der Waals surface area contributed by atoms with Crippen molar-refractivity contribution in [1.82, 2.24) is 15.6 Å². The molecule has 0 aliphatic heterocycles. The van der Waals surface area contributed by atoms with Crippen LogP contribution in [0.2, 0.25) is 0 Å². The number of aromatic nitrogens is 1. The highest BCUT2D eigenvalue weighted by Crippen LogP contribution is 2.18. The van der Waals surface area contributed by atoms with Crippen molar-refractivity contribution in [3.8, 4) is 5.88 Å². The molecule has 1 saturated carbocycles. The second-order valence-electron chi connectivity index (χ2n) is 6.51. The average molecular weight is 368 g/mol. The zero-order valence-corrected chi connectivity index (χ0v) is 15.3. The van der Waals surface area contributed by atoms with Crippen LogP contribution in [0, 0.1) is 0 Å². The van der Waals surface area contributed by atoms with Gasteiger partial charge in [0.1, 0.15) is 0 Å². The molecule has 27 heavy (non-hydrogen) atoms. The fourth-order valence-corrected chi connectivity index (χ4v) is 3.14. The third-order valence-corrected chi connectivity index (χ3v) is 4.58. The zero-order valence-electron chi connectivity index (χ0n) is 15.3. The molecule has 1 heterocycles. The van der Waals surface area contributed by atoms with Crippen LogP contribution in [0.3, 0.4) is 0 Å². The number of hydrogen-bond acceptors (Lipinski definition) is 4. The molecule has 0 atom stereocenters. The van der Waals surface area contributed by atoms with E-state index >= 15 is 0 Å². The lowest BCUT2D eigenvalue weighted by molar-refractivity contribution is 0.0938. The van der Waals surface area contributed by atoms with E-state index in [1.807, 2.05) is 6.07 Å². The van der Waals surface area contributed by atoms with Gasteiger partial charge in [0, 0.05) is 35.6 Å². The minimum Gasteiger partial charge on any atom is -0.481 e. The van der Waals surface area contributed by atoms with Gasteiger partial charge in [0.15, 0.2) is 0 Å². The number of amides is 3. The maximum atomic E-state index is 12.2. The van der Waals surface area contributed by atoms with Crippen LogP contribution in [0.5, 0.6) is 5.88 Å². The van der Waals surface area contributed by atoms with Gasteiger partial charge in [0.05, 0.1) is 7.11 Å². The van der Waals surface area contributed by atoms with E-state index in [1.165, 1.54) is 20.0 Å². The number of ether oxygens (including phenoxy) is 1. The van der Waals surface area contributed by atoms with Gasteiger partial charge in [-0.2, -0.15) is 0 Å². The molecule has 0 bridgehead atoms. The van der Waals surface area contributed by atoms with E-state index in [9.17, 15) is 9.59 Å². The highest BCUT2D eigenvalue weighted by Gasteiger charge is 2.17. The lowest BCUT2D eigenvalue weighted by Crippen LogP contribution is -2.32. The molecular weight excluding hydrogens is 344 g/mol. The van der Waals surface area contributed by atoms with Crippen LogP contribution in [-0.2, 0) is 6.54 Å². The molecule has 142 valence electrons. The van der Waals surface area contributed by atoms with Gasteiger partial charge in [-0.25, -0.2) is 9.78 Å². The van der Waals surface area contributed by atoms with Crippen molar-refractivity contribution in [3.63, 3.8) is 0 Å². The van der Waals surface area contributed by atoms with Crippen molar-refractivity contribution in [2.75, 3.05) is 12.4 Å². The predicted octanol–water partition coefficient (Wildman–Crippen LogP) is 3.08. The van der Waals surface area contributed by atoms with Crippen molar-refractivity contribution in [3.05, 3.63) is 53.7 Å². The maximum Gasteiger partial charge on any atom is 0.319 e. The normalized spacial score (nSPS) is 13.8. The van der Waals surface area contributed by atoms with E-state index in [1.54, 1.807) is 36.5 Å². The highest BCUT2D eigenvalue weighted by molar-refractivity contribution is 5.95. The quantitative estimate of drug-likeness (QED) is 0.731. The monoisotopic (exact) mass is 368 g/mol. The summed E-state index contributed by atoms with van der Waals surface area (Å²) in [4.78, 5) is 28.4. The van der Waals surface area contributed by atoms with Crippen LogP contribution in [0.1, 0.15) is 41.6 Å². The average Bonchev–Trinajstić information content (AvgIpc) is 3.20. The summed E-state index contributed by atoms with van der Waals surface area (Å²) in [5, 5.41) is 8.55. The first kappa shape index (κ1) is 18.7. The van der Waals surface area contributed by atoms with Crippen LogP contribution in [-0.4, -0.2) is 30.1 Å². The van der Waals surface area contributed by atoms with Crippen LogP contribution >= 0.6 is 0 Å². The molecular formula is C20H24N4O3. The Kier molecular flexibility index (Phi) is 6.25. The number of carbonyl (C=O) groups is 2. The van der Waals surface area contributed by atoms with Crippen molar-refractivity contribution >= 4 is 17.6 Å². The van der Waals surface area contributed by atoms with E-state index < -0.39 is 0 Å². The minimum atomic E-state index is -0.343. The number of hydrogen-bond donors (Lipinski definition) is 3. The van der Waals surface area contributed by atoms with Gasteiger partial charge in [0.25, 0.3) is 5.91 Å². The van der Waals surface area contributed by atoms with E-state index in [0.29, 0.717) is 23.7 Å². The molecule has 0 spiro atoms. The Balaban J connectivity index is 1.50. The maximum absolute atomic E-state index is 12.2. The van der Waals surface area contributed by atoms with Gasteiger partial charge in [-0.1, -0.05) is 18.9 Å². The number of methoxy groups -OCH3 is 1. The molecule has 0 radical (unpaired) electrons. The Morgan fingerprint density at radius 3 is 2.59 bits per heavy atom. The van der Waals surface area contributed by atoms with Gasteiger partial charge in [-0.3, -0.25) is 4.79 Å². The summed E-state index contributed by atoms with van der Waals surface area (Å²) in [6.07, 6.45) is 6.08. The molecule has 3 N–H and O–H groups in total. The van der Waals surface area contributed by atoms with Gasteiger partial charge in [0.2, 0.25) is 5.88 Å². The van der Waals surface area contributed by atoms with Gasteiger partial charge >= 0.3 is 6.03 Å². The van der Waals surface area contributed by atoms with Crippen molar-refractivity contribution in [1.29, 1.82) is 0 Å². The third-order valence-electron chi connectivity index (χ3n) is 4.58. The predicted molar refractivity (Wildman–Crippen MR) is 103 cm³/mol. The van der Waals surface area contributed by atoms with Gasteiger partial charge in [-0.15, -0.1) is 0 Å². The molecule has 1 fully saturated rings. The van der Waals surface area contributed by atoms with E-state index in [0.717, 1.165) is 18.4 Å². The molecule has 1 aliphatic carbocycles. The molecule has 3 rings (SSSR count). The van der Waals surface area contributed by atoms with Crippen LogP contribution in [0.25, 0.3) is 0 Å². The molecule has 1 aromatic heterocycles. The Morgan fingerprint density at radius 1 is 1.15 bits per heavy atom. The number of benzene rings is 1. The van der Waals surface area contributed by atoms with Crippen LogP contribution in [0.15, 0.2) is 42.6 Å². The van der Waals surface area contributed by atoms with Crippen LogP contribution < -0.4 is 20.7 Å². The van der Waals surface area contributed by atoms with Crippen LogP contribution in [0.4, 0.5) is 10.5 Å². The summed E-state index contributed by atoms with van der Waals surface area (Å²) in [6.45, 7) is 0.296. The van der Waals surface area contributed by atoms with Crippen molar-refractivity contribution in [2.24, 2.45) is 0 Å². The van der Waals surface area contributed by atoms with Gasteiger partial charge < -0.3 is 20.7 Å². The zero-order chi connectivity index (χ0) is 19.1. The fourth-order valence-electron chi connectivity index (χ4n) is 3.14. The first-order valence-electron chi connectivity index (χ1n) is 9.09. The summed E-state index contributed by atoms with van der Waals surface area (Å²) in [7, 11) is 1.54. The largest absolute Gasteiger partial charge is 0.481 e. The van der Waals surface area contributed by atoms with E-state index in [2.05, 4.69) is 20.9 Å². The molecule has 1 aliphatic rings. The molecule has 0 unspecified atom stereocenters. The van der Waals surface area contributed by atoms with Crippen molar-refractivity contribution < 1.29 is 14.3 Å². The summed E-state index contributed by atoms with van der Waals surface area (Å²) in [6, 6.07) is 10.4. The number of pyridine rings is 1. The summed E-state index contributed by atoms with van der Waals surface area (Å²) < 4.78 is 5.16. The second kappa shape index (κ2) is 9.02. The minimum absolute atomic E-state index is 0.0680. The number of urea groups is 1. The molecule has 3 amide bonds. The van der Waals surface area contributed by atoms with Gasteiger partial charge in [-0.05, 0) is 43.2 Å². The fraction of sp³-hybridized carbons (Fsp3) is 0.350. The summed E-state index contributed by atoms with van der Waals surface area (Å²) in [5.41, 5.74) is 1.99. The van der Waals surface area contributed by atoms with E-state index in [-0.39, 0.29) is 18.0 Å². The molecule has 7 heteroatoms. The first-order chi connectivity index (χ1) is 13.2. The summed E-state index contributed by atoms with van der Waals surface area (Å²) >= 11 is 0. The lowest BCUT2D eigenvalue weighted by atomic mass is 10.1. The van der Waals surface area contributed by atoms with Crippen molar-refractivity contribution in [2.45, 2.75) is 38.3 Å². The molecule has 7 nitrogen and oxygen atoms in total. The Hall–Kier alpha value is -3.09. The number of nitrogens with zero attached hydrogens (tertiary/aromatic N) is 1. The first-order valence-corrected chi connectivity index (χ1v) is 9.09. The Labute approximate surface area is 158 Å². The van der Waals surface area contributed by atoms with E-state index in [4.69, 9.17) is 4.74 Å². The SMILES string of the molecule is COc1ncccc1CNC(=O)Nc1ccc(C(=O)NC2CCCC2)cc1. The third kappa shape index (κ3) is 5.20. The molecule has 1 aromatic carbocycles. The topological polar surface area (TPSA) is 92.3 Å². The number of nitrogens with one attached hydrogen (secondary N) is 3. The smallest absolute Gasteiger partial charge is 0.319 e. The number of rotatable bonds is 6.